The molecule has 0 saturated heterocycles. The molecule has 2 aromatic rings. The van der Waals surface area contributed by atoms with Crippen LogP contribution >= 0.6 is 0 Å². The molecule has 0 atom stereocenters. The van der Waals surface area contributed by atoms with E-state index in [0.717, 1.165) is 49.0 Å². The third kappa shape index (κ3) is 3.03. The number of hydrogen-bond donors (Lipinski definition) is 1. The van der Waals surface area contributed by atoms with Crippen LogP contribution in [0.4, 0.5) is 0 Å². The lowest BCUT2D eigenvalue weighted by Gasteiger charge is -2.10. The largest absolute Gasteiger partial charge is 0.268 e. The second kappa shape index (κ2) is 6.60. The van der Waals surface area contributed by atoms with Crippen molar-refractivity contribution in [1.82, 2.24) is 9.78 Å². The predicted molar refractivity (Wildman–Crippen MR) is 83.7 cm³/mol. The second-order valence-electron chi connectivity index (χ2n) is 5.39. The molecule has 2 rings (SSSR count). The number of nitrogens with zero attached hydrogens (tertiary/aromatic N) is 1. The van der Waals surface area contributed by atoms with Crippen LogP contribution in [0.5, 0.6) is 0 Å². The Morgan fingerprint density at radius 3 is 2.60 bits per heavy atom. The number of rotatable bonds is 6. The van der Waals surface area contributed by atoms with Gasteiger partial charge < -0.3 is 0 Å². The van der Waals surface area contributed by atoms with Crippen molar-refractivity contribution >= 4 is 0 Å². The van der Waals surface area contributed by atoms with Crippen LogP contribution in [-0.2, 0) is 12.8 Å². The smallest absolute Gasteiger partial charge is 0.267 e. The molecule has 0 spiro atoms. The van der Waals surface area contributed by atoms with Gasteiger partial charge in [-0.2, -0.15) is 0 Å². The highest BCUT2D eigenvalue weighted by Crippen LogP contribution is 2.17. The van der Waals surface area contributed by atoms with Gasteiger partial charge >= 0.3 is 0 Å². The molecule has 0 radical (unpaired) electrons. The van der Waals surface area contributed by atoms with E-state index in [1.54, 1.807) is 0 Å². The first-order valence-electron chi connectivity index (χ1n) is 7.57. The Bertz CT molecular complexity index is 622. The van der Waals surface area contributed by atoms with E-state index < -0.39 is 0 Å². The molecular formula is C17H24N2O. The molecule has 1 heterocycles. The van der Waals surface area contributed by atoms with E-state index in [-0.39, 0.29) is 5.56 Å². The van der Waals surface area contributed by atoms with Gasteiger partial charge in [0.25, 0.3) is 5.56 Å². The van der Waals surface area contributed by atoms with Crippen molar-refractivity contribution in [2.75, 3.05) is 0 Å². The van der Waals surface area contributed by atoms with Crippen LogP contribution in [0, 0.1) is 6.92 Å². The molecule has 0 saturated carbocycles. The zero-order valence-corrected chi connectivity index (χ0v) is 12.7. The molecule has 1 N–H and O–H groups in total. The Labute approximate surface area is 120 Å². The molecule has 0 aliphatic heterocycles. The summed E-state index contributed by atoms with van der Waals surface area (Å²) in [4.78, 5) is 12.2. The first-order valence-corrected chi connectivity index (χ1v) is 7.57. The molecule has 0 amide bonds. The topological polar surface area (TPSA) is 37.8 Å². The van der Waals surface area contributed by atoms with Gasteiger partial charge in [0.05, 0.1) is 5.69 Å². The number of hydrogen-bond acceptors (Lipinski definition) is 1. The normalized spacial score (nSPS) is 10.9. The van der Waals surface area contributed by atoms with E-state index in [4.69, 9.17) is 0 Å². The van der Waals surface area contributed by atoms with Gasteiger partial charge in [-0.15, -0.1) is 0 Å². The van der Waals surface area contributed by atoms with Crippen molar-refractivity contribution in [3.8, 4) is 5.69 Å². The maximum atomic E-state index is 12.2. The van der Waals surface area contributed by atoms with E-state index in [9.17, 15) is 4.79 Å². The van der Waals surface area contributed by atoms with Crippen LogP contribution in [0.1, 0.15) is 49.9 Å². The summed E-state index contributed by atoms with van der Waals surface area (Å²) in [5.74, 6) is 0. The molecule has 0 fully saturated rings. The highest BCUT2D eigenvalue weighted by molar-refractivity contribution is 5.38. The SMILES string of the molecule is CCCCc1c(CCC)c(=O)[nH]n1-c1cccc(C)c1. The predicted octanol–water partition coefficient (Wildman–Crippen LogP) is 3.77. The lowest BCUT2D eigenvalue weighted by molar-refractivity contribution is 0.719. The summed E-state index contributed by atoms with van der Waals surface area (Å²) in [6.45, 7) is 6.37. The fourth-order valence-corrected chi connectivity index (χ4v) is 2.60. The van der Waals surface area contributed by atoms with Crippen LogP contribution < -0.4 is 5.56 Å². The molecule has 1 aromatic carbocycles. The molecule has 3 nitrogen and oxygen atoms in total. The number of aryl methyl sites for hydroxylation is 1. The van der Waals surface area contributed by atoms with Crippen LogP contribution in [-0.4, -0.2) is 9.78 Å². The summed E-state index contributed by atoms with van der Waals surface area (Å²) >= 11 is 0. The Kier molecular flexibility index (Phi) is 4.83. The van der Waals surface area contributed by atoms with Crippen molar-refractivity contribution in [1.29, 1.82) is 0 Å². The molecule has 3 heteroatoms. The average molecular weight is 272 g/mol. The van der Waals surface area contributed by atoms with Crippen LogP contribution in [0.15, 0.2) is 29.1 Å². The third-order valence-corrected chi connectivity index (χ3v) is 3.63. The van der Waals surface area contributed by atoms with E-state index >= 15 is 0 Å². The summed E-state index contributed by atoms with van der Waals surface area (Å²) in [5, 5.41) is 3.01. The van der Waals surface area contributed by atoms with Gasteiger partial charge in [0, 0.05) is 11.3 Å². The van der Waals surface area contributed by atoms with Crippen molar-refractivity contribution in [3.63, 3.8) is 0 Å². The van der Waals surface area contributed by atoms with Crippen molar-refractivity contribution in [2.24, 2.45) is 0 Å². The number of nitrogens with one attached hydrogen (secondary N) is 1. The first kappa shape index (κ1) is 14.6. The molecular weight excluding hydrogens is 248 g/mol. The number of H-pyrrole nitrogens is 1. The standard InChI is InChI=1S/C17H24N2O/c1-4-6-11-16-15(8-5-2)17(20)18-19(16)14-10-7-9-13(3)12-14/h7,9-10,12H,4-6,8,11H2,1-3H3,(H,18,20). The molecule has 108 valence electrons. The summed E-state index contributed by atoms with van der Waals surface area (Å²) in [6, 6.07) is 8.27. The lowest BCUT2D eigenvalue weighted by atomic mass is 10.1. The lowest BCUT2D eigenvalue weighted by Crippen LogP contribution is -2.07. The maximum absolute atomic E-state index is 12.2. The first-order chi connectivity index (χ1) is 9.67. The van der Waals surface area contributed by atoms with Gasteiger partial charge in [-0.25, -0.2) is 0 Å². The molecule has 0 aliphatic carbocycles. The Morgan fingerprint density at radius 1 is 1.15 bits per heavy atom. The van der Waals surface area contributed by atoms with E-state index in [1.165, 1.54) is 5.56 Å². The van der Waals surface area contributed by atoms with Crippen molar-refractivity contribution < 1.29 is 0 Å². The van der Waals surface area contributed by atoms with Gasteiger partial charge in [0.15, 0.2) is 0 Å². The van der Waals surface area contributed by atoms with Gasteiger partial charge in [-0.05, 0) is 43.9 Å². The fraction of sp³-hybridized carbons (Fsp3) is 0.471. The Morgan fingerprint density at radius 2 is 1.95 bits per heavy atom. The van der Waals surface area contributed by atoms with Crippen LogP contribution in [0.3, 0.4) is 0 Å². The fourth-order valence-electron chi connectivity index (χ4n) is 2.60. The number of unbranched alkanes of at least 4 members (excludes halogenated alkanes) is 1. The quantitative estimate of drug-likeness (QED) is 0.854. The molecule has 20 heavy (non-hydrogen) atoms. The molecule has 0 unspecified atom stereocenters. The van der Waals surface area contributed by atoms with Crippen molar-refractivity contribution in [3.05, 3.63) is 51.4 Å². The number of benzene rings is 1. The minimum absolute atomic E-state index is 0.0689. The van der Waals surface area contributed by atoms with Gasteiger partial charge in [0.1, 0.15) is 0 Å². The number of aromatic nitrogens is 2. The van der Waals surface area contributed by atoms with E-state index in [0.29, 0.717) is 0 Å². The maximum Gasteiger partial charge on any atom is 0.267 e. The zero-order valence-electron chi connectivity index (χ0n) is 12.7. The molecule has 1 aromatic heterocycles. The minimum atomic E-state index is 0.0689. The molecule has 0 bridgehead atoms. The summed E-state index contributed by atoms with van der Waals surface area (Å²) in [6.07, 6.45) is 5.06. The molecule has 0 aliphatic rings. The highest BCUT2D eigenvalue weighted by Gasteiger charge is 2.14. The average Bonchev–Trinajstić information content (AvgIpc) is 2.74. The van der Waals surface area contributed by atoms with Gasteiger partial charge in [-0.3, -0.25) is 14.6 Å². The second-order valence-corrected chi connectivity index (χ2v) is 5.39. The Balaban J connectivity index is 2.51. The Hall–Kier alpha value is -1.77. The van der Waals surface area contributed by atoms with Gasteiger partial charge in [0.2, 0.25) is 0 Å². The minimum Gasteiger partial charge on any atom is -0.268 e. The third-order valence-electron chi connectivity index (χ3n) is 3.63. The zero-order chi connectivity index (χ0) is 14.5. The summed E-state index contributed by atoms with van der Waals surface area (Å²) in [7, 11) is 0. The van der Waals surface area contributed by atoms with E-state index in [2.05, 4.69) is 38.0 Å². The van der Waals surface area contributed by atoms with Crippen molar-refractivity contribution in [2.45, 2.75) is 52.9 Å². The van der Waals surface area contributed by atoms with E-state index in [1.807, 2.05) is 16.8 Å². The number of aromatic amines is 1. The highest BCUT2D eigenvalue weighted by atomic mass is 16.1. The van der Waals surface area contributed by atoms with Crippen LogP contribution in [0.25, 0.3) is 5.69 Å². The van der Waals surface area contributed by atoms with Gasteiger partial charge in [-0.1, -0.05) is 38.8 Å². The van der Waals surface area contributed by atoms with Crippen LogP contribution in [0.2, 0.25) is 0 Å². The summed E-state index contributed by atoms with van der Waals surface area (Å²) in [5.41, 5.74) is 4.44. The monoisotopic (exact) mass is 272 g/mol. The summed E-state index contributed by atoms with van der Waals surface area (Å²) < 4.78 is 1.98.